The van der Waals surface area contributed by atoms with Crippen LogP contribution in [0.5, 0.6) is 5.75 Å². The number of aliphatic hydroxyl groups is 4. The van der Waals surface area contributed by atoms with Gasteiger partial charge >= 0.3 is 0 Å². The number of phenolic OH excluding ortho intramolecular Hbond substituents is 1. The van der Waals surface area contributed by atoms with Crippen LogP contribution in [0.4, 0.5) is 0 Å². The van der Waals surface area contributed by atoms with Gasteiger partial charge in [0, 0.05) is 24.0 Å². The standard InChI is InChI=1S/C25H26O10/c1-11-14(26)6-7-16(34-11)35-25-18-13(19(28)17-12(20(18)29)4-3-5-15(17)27)8-9-24(25,33)10-23(2,32)21(30)22(25)31/h3-5,8-9,11,14,16,21,26-27,30,32-33H,6-7,10H2,1-2H3/t11-,14-,16+,21+,23+,24+,25-/m0/s1. The summed E-state index contributed by atoms with van der Waals surface area (Å²) in [6.07, 6.45) is -2.75. The van der Waals surface area contributed by atoms with E-state index in [2.05, 4.69) is 0 Å². The number of aliphatic hydroxyl groups excluding tert-OH is 2. The third-order valence-corrected chi connectivity index (χ3v) is 7.47. The van der Waals surface area contributed by atoms with E-state index in [1.54, 1.807) is 6.92 Å². The number of rotatable bonds is 2. The van der Waals surface area contributed by atoms with E-state index in [0.29, 0.717) is 0 Å². The molecule has 1 aromatic rings. The Bertz CT molecular complexity index is 1210. The van der Waals surface area contributed by atoms with Crippen LogP contribution in [0.2, 0.25) is 0 Å². The average Bonchev–Trinajstić information content (AvgIpc) is 2.79. The summed E-state index contributed by atoms with van der Waals surface area (Å²) < 4.78 is 11.8. The minimum Gasteiger partial charge on any atom is -0.507 e. The predicted molar refractivity (Wildman–Crippen MR) is 118 cm³/mol. The normalized spacial score (nSPS) is 40.9. The van der Waals surface area contributed by atoms with Gasteiger partial charge in [-0.05, 0) is 32.4 Å². The summed E-state index contributed by atoms with van der Waals surface area (Å²) >= 11 is 0. The van der Waals surface area contributed by atoms with Gasteiger partial charge in [-0.2, -0.15) is 0 Å². The number of hydrogen-bond donors (Lipinski definition) is 5. The van der Waals surface area contributed by atoms with Crippen molar-refractivity contribution in [2.24, 2.45) is 0 Å². The molecule has 0 bridgehead atoms. The first-order valence-corrected chi connectivity index (χ1v) is 11.4. The number of ketones is 3. The summed E-state index contributed by atoms with van der Waals surface area (Å²) in [5, 5.41) is 53.6. The maximum absolute atomic E-state index is 13.8. The molecule has 4 aliphatic rings. The Morgan fingerprint density at radius 2 is 1.80 bits per heavy atom. The summed E-state index contributed by atoms with van der Waals surface area (Å²) in [7, 11) is 0. The van der Waals surface area contributed by atoms with Crippen LogP contribution < -0.4 is 0 Å². The zero-order valence-electron chi connectivity index (χ0n) is 19.1. The first kappa shape index (κ1) is 24.0. The zero-order valence-corrected chi connectivity index (χ0v) is 19.1. The minimum absolute atomic E-state index is 0.0922. The first-order valence-electron chi connectivity index (χ1n) is 11.4. The number of ether oxygens (including phenoxy) is 2. The number of carbonyl (C=O) groups excluding carboxylic acids is 3. The second-order valence-electron chi connectivity index (χ2n) is 9.92. The Kier molecular flexibility index (Phi) is 5.23. The first-order chi connectivity index (χ1) is 16.3. The SMILES string of the molecule is C[C@@H]1O[C@H](O[C@@]23C(=O)[C@@H](O)[C@](C)(O)C[C@]2(O)C=CC2=C3C(=O)c3cccc(O)c3C2=O)CC[C@@H]1O. The maximum Gasteiger partial charge on any atom is 0.204 e. The quantitative estimate of drug-likeness (QED) is 0.386. The lowest BCUT2D eigenvalue weighted by Crippen LogP contribution is -2.75. The molecule has 7 atom stereocenters. The smallest absolute Gasteiger partial charge is 0.204 e. The van der Waals surface area contributed by atoms with Crippen molar-refractivity contribution >= 4 is 17.3 Å². The van der Waals surface area contributed by atoms with E-state index < -0.39 is 76.5 Å². The third kappa shape index (κ3) is 3.15. The number of aromatic hydroxyl groups is 1. The number of hydrogen-bond acceptors (Lipinski definition) is 10. The van der Waals surface area contributed by atoms with Gasteiger partial charge in [0.05, 0.1) is 28.9 Å². The molecule has 3 aliphatic carbocycles. The van der Waals surface area contributed by atoms with Crippen molar-refractivity contribution in [2.75, 3.05) is 0 Å². The van der Waals surface area contributed by atoms with Gasteiger partial charge in [-0.25, -0.2) is 0 Å². The molecular weight excluding hydrogens is 460 g/mol. The number of Topliss-reactive ketones (excluding diaryl/α,β-unsaturated/α-hetero) is 3. The van der Waals surface area contributed by atoms with Gasteiger partial charge in [-0.15, -0.1) is 0 Å². The van der Waals surface area contributed by atoms with E-state index in [1.807, 2.05) is 0 Å². The summed E-state index contributed by atoms with van der Waals surface area (Å²) in [6.45, 7) is 2.76. The van der Waals surface area contributed by atoms with E-state index in [1.165, 1.54) is 31.2 Å². The van der Waals surface area contributed by atoms with Gasteiger partial charge in [-0.1, -0.05) is 18.2 Å². The van der Waals surface area contributed by atoms with Crippen molar-refractivity contribution in [3.63, 3.8) is 0 Å². The molecular formula is C25H26O10. The van der Waals surface area contributed by atoms with Crippen molar-refractivity contribution in [2.45, 2.75) is 74.5 Å². The van der Waals surface area contributed by atoms with Gasteiger partial charge in [0.2, 0.25) is 5.78 Å². The van der Waals surface area contributed by atoms with Crippen LogP contribution in [0, 0.1) is 0 Å². The number of benzene rings is 1. The number of fused-ring (bicyclic) bond motifs is 3. The van der Waals surface area contributed by atoms with Crippen LogP contribution in [-0.2, 0) is 14.3 Å². The topological polar surface area (TPSA) is 171 Å². The van der Waals surface area contributed by atoms with Crippen LogP contribution in [0.1, 0.15) is 53.8 Å². The largest absolute Gasteiger partial charge is 0.507 e. The molecule has 5 rings (SSSR count). The fourth-order valence-corrected chi connectivity index (χ4v) is 5.62. The molecule has 35 heavy (non-hydrogen) atoms. The van der Waals surface area contributed by atoms with Crippen molar-refractivity contribution in [3.05, 3.63) is 52.6 Å². The molecule has 10 nitrogen and oxygen atoms in total. The molecule has 1 aromatic carbocycles. The molecule has 2 fully saturated rings. The highest BCUT2D eigenvalue weighted by molar-refractivity contribution is 6.32. The number of carbonyl (C=O) groups is 3. The molecule has 1 saturated heterocycles. The van der Waals surface area contributed by atoms with Crippen LogP contribution in [-0.4, -0.2) is 84.3 Å². The number of phenols is 1. The lowest BCUT2D eigenvalue weighted by Gasteiger charge is -2.56. The van der Waals surface area contributed by atoms with Gasteiger partial charge in [0.1, 0.15) is 17.5 Å². The monoisotopic (exact) mass is 486 g/mol. The van der Waals surface area contributed by atoms with Crippen LogP contribution in [0.25, 0.3) is 0 Å². The van der Waals surface area contributed by atoms with Gasteiger partial charge in [0.25, 0.3) is 0 Å². The predicted octanol–water partition coefficient (Wildman–Crippen LogP) is 0.0947. The van der Waals surface area contributed by atoms with Crippen molar-refractivity contribution in [3.8, 4) is 5.75 Å². The molecule has 0 unspecified atom stereocenters. The Morgan fingerprint density at radius 1 is 1.09 bits per heavy atom. The molecule has 0 spiro atoms. The van der Waals surface area contributed by atoms with Gasteiger partial charge < -0.3 is 35.0 Å². The third-order valence-electron chi connectivity index (χ3n) is 7.47. The lowest BCUT2D eigenvalue weighted by molar-refractivity contribution is -0.289. The highest BCUT2D eigenvalue weighted by Gasteiger charge is 2.71. The van der Waals surface area contributed by atoms with Gasteiger partial charge in [0.15, 0.2) is 23.5 Å². The van der Waals surface area contributed by atoms with Crippen LogP contribution in [0.15, 0.2) is 41.5 Å². The number of allylic oxidation sites excluding steroid dienone is 2. The van der Waals surface area contributed by atoms with Gasteiger partial charge in [-0.3, -0.25) is 14.4 Å². The van der Waals surface area contributed by atoms with Crippen molar-refractivity contribution in [1.82, 2.24) is 0 Å². The van der Waals surface area contributed by atoms with Crippen molar-refractivity contribution in [1.29, 1.82) is 0 Å². The summed E-state index contributed by atoms with van der Waals surface area (Å²) in [6, 6.07) is 3.92. The Balaban J connectivity index is 1.74. The van der Waals surface area contributed by atoms with Crippen molar-refractivity contribution < 1.29 is 49.4 Å². The Hall–Kier alpha value is -2.73. The molecule has 1 heterocycles. The molecule has 0 aromatic heterocycles. The molecule has 1 aliphatic heterocycles. The fraction of sp³-hybridized carbons (Fsp3) is 0.480. The van der Waals surface area contributed by atoms with E-state index in [0.717, 1.165) is 6.08 Å². The lowest BCUT2D eigenvalue weighted by atomic mass is 9.56. The van der Waals surface area contributed by atoms with E-state index in [9.17, 15) is 39.9 Å². The minimum atomic E-state index is -2.60. The molecule has 0 amide bonds. The highest BCUT2D eigenvalue weighted by Crippen LogP contribution is 2.54. The Morgan fingerprint density at radius 3 is 2.49 bits per heavy atom. The average molecular weight is 486 g/mol. The summed E-state index contributed by atoms with van der Waals surface area (Å²) in [5.41, 5.74) is -8.21. The Labute approximate surface area is 200 Å². The molecule has 5 N–H and O–H groups in total. The summed E-state index contributed by atoms with van der Waals surface area (Å²) in [5.74, 6) is -3.24. The van der Waals surface area contributed by atoms with E-state index in [-0.39, 0.29) is 29.5 Å². The van der Waals surface area contributed by atoms with E-state index >= 15 is 0 Å². The second kappa shape index (κ2) is 7.63. The molecule has 186 valence electrons. The molecule has 10 heteroatoms. The zero-order chi connectivity index (χ0) is 25.5. The van der Waals surface area contributed by atoms with Crippen LogP contribution in [0.3, 0.4) is 0 Å². The summed E-state index contributed by atoms with van der Waals surface area (Å²) in [4.78, 5) is 41.0. The highest BCUT2D eigenvalue weighted by atomic mass is 16.7. The maximum atomic E-state index is 13.8. The fourth-order valence-electron chi connectivity index (χ4n) is 5.62. The second-order valence-corrected chi connectivity index (χ2v) is 9.92. The molecule has 1 saturated carbocycles. The molecule has 0 radical (unpaired) electrons. The van der Waals surface area contributed by atoms with E-state index in [4.69, 9.17) is 9.47 Å². The van der Waals surface area contributed by atoms with Crippen LogP contribution >= 0.6 is 0 Å².